The Morgan fingerprint density at radius 1 is 1.24 bits per heavy atom. The van der Waals surface area contributed by atoms with Gasteiger partial charge in [-0.2, -0.15) is 0 Å². The van der Waals surface area contributed by atoms with E-state index in [0.717, 1.165) is 43.5 Å². The molecule has 0 aromatic heterocycles. The molecule has 0 radical (unpaired) electrons. The molecule has 1 aromatic carbocycles. The lowest BCUT2D eigenvalue weighted by Gasteiger charge is -2.19. The molecular weight excluding hydrogens is 278 g/mol. The van der Waals surface area contributed by atoms with E-state index < -0.39 is 15.5 Å². The Bertz CT molecular complexity index is 599. The molecule has 0 aliphatic heterocycles. The van der Waals surface area contributed by atoms with Crippen molar-refractivity contribution in [1.29, 1.82) is 0 Å². The van der Waals surface area contributed by atoms with Crippen molar-refractivity contribution in [2.24, 2.45) is 11.1 Å². The lowest BCUT2D eigenvalue weighted by Crippen LogP contribution is -2.17. The van der Waals surface area contributed by atoms with Crippen LogP contribution in [0.25, 0.3) is 0 Å². The van der Waals surface area contributed by atoms with E-state index >= 15 is 0 Å². The molecule has 8 heteroatoms. The minimum absolute atomic E-state index is 0.0872. The molecule has 1 fully saturated rings. The van der Waals surface area contributed by atoms with Gasteiger partial charge < -0.3 is 4.84 Å². The molecular formula is C13H15N3O5. The summed E-state index contributed by atoms with van der Waals surface area (Å²) in [6.45, 7) is 2.03. The van der Waals surface area contributed by atoms with Gasteiger partial charge in [0.05, 0.1) is 21.6 Å². The summed E-state index contributed by atoms with van der Waals surface area (Å²) in [6.07, 6.45) is 3.99. The summed E-state index contributed by atoms with van der Waals surface area (Å²) in [5.41, 5.74) is 0.0543. The zero-order valence-corrected chi connectivity index (χ0v) is 11.5. The van der Waals surface area contributed by atoms with Gasteiger partial charge in [-0.05, 0) is 31.2 Å². The Morgan fingerprint density at radius 2 is 2.00 bits per heavy atom. The van der Waals surface area contributed by atoms with Crippen molar-refractivity contribution in [3.63, 3.8) is 0 Å². The van der Waals surface area contributed by atoms with Crippen LogP contribution in [0.3, 0.4) is 0 Å². The molecule has 0 amide bonds. The van der Waals surface area contributed by atoms with Crippen LogP contribution in [0.1, 0.15) is 32.6 Å². The quantitative estimate of drug-likeness (QED) is 0.624. The van der Waals surface area contributed by atoms with E-state index in [2.05, 4.69) is 5.16 Å². The molecule has 0 saturated heterocycles. The fourth-order valence-corrected chi connectivity index (χ4v) is 2.25. The van der Waals surface area contributed by atoms with E-state index in [-0.39, 0.29) is 17.4 Å². The molecule has 1 saturated carbocycles. The monoisotopic (exact) mass is 293 g/mol. The van der Waals surface area contributed by atoms with Gasteiger partial charge in [0.2, 0.25) is 5.75 Å². The van der Waals surface area contributed by atoms with Gasteiger partial charge >= 0.3 is 5.69 Å². The fourth-order valence-electron chi connectivity index (χ4n) is 2.25. The summed E-state index contributed by atoms with van der Waals surface area (Å²) < 4.78 is 0. The van der Waals surface area contributed by atoms with Crippen molar-refractivity contribution >= 4 is 17.1 Å². The highest BCUT2D eigenvalue weighted by atomic mass is 16.7. The van der Waals surface area contributed by atoms with E-state index in [0.29, 0.717) is 0 Å². The topological polar surface area (TPSA) is 108 Å². The molecule has 0 bridgehead atoms. The summed E-state index contributed by atoms with van der Waals surface area (Å²) in [6, 6.07) is 3.24. The number of rotatable bonds is 4. The van der Waals surface area contributed by atoms with Gasteiger partial charge in [0, 0.05) is 6.07 Å². The maximum atomic E-state index is 11.0. The summed E-state index contributed by atoms with van der Waals surface area (Å²) >= 11 is 0. The molecule has 8 nitrogen and oxygen atoms in total. The number of nitro benzene ring substituents is 2. The smallest absolute Gasteiger partial charge is 0.321 e. The fraction of sp³-hybridized carbons (Fsp3) is 0.462. The van der Waals surface area contributed by atoms with Crippen LogP contribution >= 0.6 is 0 Å². The van der Waals surface area contributed by atoms with Crippen LogP contribution in [0.15, 0.2) is 23.4 Å². The van der Waals surface area contributed by atoms with Crippen molar-refractivity contribution in [2.75, 3.05) is 0 Å². The highest BCUT2D eigenvalue weighted by Crippen LogP contribution is 2.31. The Morgan fingerprint density at radius 3 is 2.62 bits per heavy atom. The maximum absolute atomic E-state index is 11.0. The van der Waals surface area contributed by atoms with Gasteiger partial charge in [-0.3, -0.25) is 20.2 Å². The lowest BCUT2D eigenvalue weighted by atomic mass is 9.89. The molecule has 1 aliphatic carbocycles. The van der Waals surface area contributed by atoms with E-state index in [9.17, 15) is 20.2 Å². The van der Waals surface area contributed by atoms with Crippen LogP contribution in [0, 0.1) is 26.1 Å². The van der Waals surface area contributed by atoms with Crippen molar-refractivity contribution in [3.8, 4) is 5.75 Å². The SMILES string of the molecule is C[C@H]1CCCC/C1=N\Oc1ccc([N+](=O)[O-])cc1[N+](=O)[O-]. The summed E-state index contributed by atoms with van der Waals surface area (Å²) in [5.74, 6) is 0.201. The normalized spacial score (nSPS) is 20.2. The predicted octanol–water partition coefficient (Wildman–Crippen LogP) is 3.45. The molecule has 0 heterocycles. The summed E-state index contributed by atoms with van der Waals surface area (Å²) in [5, 5.41) is 25.6. The number of nitrogens with zero attached hydrogens (tertiary/aromatic N) is 3. The number of hydrogen-bond acceptors (Lipinski definition) is 6. The molecule has 112 valence electrons. The highest BCUT2D eigenvalue weighted by Gasteiger charge is 2.22. The van der Waals surface area contributed by atoms with E-state index in [1.54, 1.807) is 0 Å². The van der Waals surface area contributed by atoms with Gasteiger partial charge in [0.15, 0.2) is 0 Å². The molecule has 1 atom stereocenters. The second-order valence-electron chi connectivity index (χ2n) is 4.99. The summed E-state index contributed by atoms with van der Waals surface area (Å²) in [4.78, 5) is 25.4. The predicted molar refractivity (Wildman–Crippen MR) is 75.4 cm³/mol. The molecule has 0 unspecified atom stereocenters. The van der Waals surface area contributed by atoms with Gasteiger partial charge in [0.1, 0.15) is 0 Å². The third kappa shape index (κ3) is 3.53. The largest absolute Gasteiger partial charge is 0.350 e. The van der Waals surface area contributed by atoms with E-state index in [1.165, 1.54) is 6.07 Å². The number of non-ortho nitro benzene ring substituents is 1. The standard InChI is InChI=1S/C13H15N3O5/c1-9-4-2-3-5-11(9)14-21-13-7-6-10(15(17)18)8-12(13)16(19)20/h6-9H,2-5H2,1H3/b14-11+/t9-/m0/s1. The third-order valence-corrected chi connectivity index (χ3v) is 3.50. The average Bonchev–Trinajstić information content (AvgIpc) is 2.46. The third-order valence-electron chi connectivity index (χ3n) is 3.50. The first-order valence-corrected chi connectivity index (χ1v) is 6.65. The average molecular weight is 293 g/mol. The van der Waals surface area contributed by atoms with Crippen molar-refractivity contribution < 1.29 is 14.7 Å². The van der Waals surface area contributed by atoms with Gasteiger partial charge in [-0.15, -0.1) is 0 Å². The molecule has 2 rings (SSSR count). The van der Waals surface area contributed by atoms with Crippen LogP contribution in [-0.2, 0) is 0 Å². The zero-order chi connectivity index (χ0) is 15.4. The molecule has 1 aliphatic rings. The van der Waals surface area contributed by atoms with Crippen LogP contribution in [-0.4, -0.2) is 15.6 Å². The highest BCUT2D eigenvalue weighted by molar-refractivity contribution is 5.86. The second kappa shape index (κ2) is 6.29. The zero-order valence-electron chi connectivity index (χ0n) is 11.5. The van der Waals surface area contributed by atoms with Crippen molar-refractivity contribution in [1.82, 2.24) is 0 Å². The van der Waals surface area contributed by atoms with Gasteiger partial charge in [-0.1, -0.05) is 18.5 Å². The first-order valence-electron chi connectivity index (χ1n) is 6.65. The van der Waals surface area contributed by atoms with E-state index in [4.69, 9.17) is 4.84 Å². The summed E-state index contributed by atoms with van der Waals surface area (Å²) in [7, 11) is 0. The molecule has 0 spiro atoms. The van der Waals surface area contributed by atoms with Gasteiger partial charge in [-0.25, -0.2) is 0 Å². The van der Waals surface area contributed by atoms with Gasteiger partial charge in [0.25, 0.3) is 5.69 Å². The Hall–Kier alpha value is -2.51. The van der Waals surface area contributed by atoms with Crippen LogP contribution in [0.5, 0.6) is 5.75 Å². The molecule has 21 heavy (non-hydrogen) atoms. The second-order valence-corrected chi connectivity index (χ2v) is 4.99. The molecule has 1 aromatic rings. The maximum Gasteiger partial charge on any atom is 0.321 e. The number of hydrogen-bond donors (Lipinski definition) is 0. The number of nitro groups is 2. The first kappa shape index (κ1) is 14.9. The Labute approximate surface area is 120 Å². The Kier molecular flexibility index (Phi) is 4.46. The van der Waals surface area contributed by atoms with Crippen LogP contribution in [0.2, 0.25) is 0 Å². The first-order chi connectivity index (χ1) is 9.99. The minimum atomic E-state index is -0.715. The number of oxime groups is 1. The van der Waals surface area contributed by atoms with Crippen LogP contribution in [0.4, 0.5) is 11.4 Å². The molecule has 0 N–H and O–H groups in total. The lowest BCUT2D eigenvalue weighted by molar-refractivity contribution is -0.394. The number of benzene rings is 1. The van der Waals surface area contributed by atoms with Crippen molar-refractivity contribution in [3.05, 3.63) is 38.4 Å². The van der Waals surface area contributed by atoms with Crippen molar-refractivity contribution in [2.45, 2.75) is 32.6 Å². The minimum Gasteiger partial charge on any atom is -0.350 e. The van der Waals surface area contributed by atoms with Crippen LogP contribution < -0.4 is 4.84 Å². The Balaban J connectivity index is 2.25. The van der Waals surface area contributed by atoms with E-state index in [1.807, 2.05) is 6.92 Å².